The smallest absolute Gasteiger partial charge is 0.359 e. The maximum atomic E-state index is 10.5. The molecule has 0 saturated carbocycles. The van der Waals surface area contributed by atoms with E-state index >= 15 is 0 Å². The minimum Gasteiger partial charge on any atom is -0.478 e. The van der Waals surface area contributed by atoms with Crippen molar-refractivity contribution in [2.75, 3.05) is 0 Å². The molecule has 0 aliphatic heterocycles. The Hall–Kier alpha value is -0.940. The maximum Gasteiger partial charge on any atom is 0.359 e. The quantitative estimate of drug-likeness (QED) is 0.340. The molecule has 0 fully saturated rings. The van der Waals surface area contributed by atoms with Crippen molar-refractivity contribution in [3.8, 4) is 0 Å². The lowest BCUT2D eigenvalue weighted by atomic mass is 10.1. The van der Waals surface area contributed by atoms with E-state index in [1.807, 2.05) is 0 Å². The van der Waals surface area contributed by atoms with Gasteiger partial charge in [-0.15, -0.1) is 0 Å². The lowest BCUT2D eigenvalue weighted by molar-refractivity contribution is -0.164. The molecule has 0 rings (SSSR count). The third kappa shape index (κ3) is 1.52. The van der Waals surface area contributed by atoms with Crippen molar-refractivity contribution >= 4 is 11.8 Å². The van der Waals surface area contributed by atoms with Gasteiger partial charge >= 0.3 is 5.97 Å². The second-order valence-corrected chi connectivity index (χ2v) is 1.85. The molecule has 0 aliphatic rings. The molecular weight excluding hydrogens is 138 g/mol. The summed E-state index contributed by atoms with van der Waals surface area (Å²) in [4.78, 5) is 20.5. The van der Waals surface area contributed by atoms with Gasteiger partial charge in [-0.25, -0.2) is 4.79 Å². The predicted molar refractivity (Wildman–Crippen MR) is 32.1 cm³/mol. The number of nitrogens with two attached hydrogens (primary N) is 1. The number of hydrogen-bond donors (Lipinski definition) is 3. The Morgan fingerprint density at radius 3 is 2.10 bits per heavy atom. The Labute approximate surface area is 57.5 Å². The molecule has 58 valence electrons. The molecule has 0 saturated heterocycles. The summed E-state index contributed by atoms with van der Waals surface area (Å²) in [5.74, 6) is -2.63. The van der Waals surface area contributed by atoms with E-state index in [0.717, 1.165) is 0 Å². The zero-order chi connectivity index (χ0) is 8.36. The topological polar surface area (TPSA) is 101 Å². The molecule has 1 unspecified atom stereocenters. The van der Waals surface area contributed by atoms with Crippen molar-refractivity contribution in [3.05, 3.63) is 0 Å². The Kier molecular flexibility index (Phi) is 2.50. The van der Waals surface area contributed by atoms with Gasteiger partial charge in [0.1, 0.15) is 0 Å². The molecule has 0 aromatic heterocycles. The number of aliphatic hydroxyl groups is 1. The fraction of sp³-hybridized carbons (Fsp3) is 0.600. The van der Waals surface area contributed by atoms with Gasteiger partial charge in [-0.2, -0.15) is 0 Å². The molecule has 0 heterocycles. The zero-order valence-electron chi connectivity index (χ0n) is 5.50. The Morgan fingerprint density at radius 1 is 1.60 bits per heavy atom. The molecule has 0 amide bonds. The summed E-state index contributed by atoms with van der Waals surface area (Å²) in [7, 11) is 0. The summed E-state index contributed by atoms with van der Waals surface area (Å²) in [6.45, 7) is 1.42. The molecule has 5 nitrogen and oxygen atoms in total. The van der Waals surface area contributed by atoms with Crippen LogP contribution in [-0.4, -0.2) is 27.7 Å². The van der Waals surface area contributed by atoms with Gasteiger partial charge in [0.2, 0.25) is 0 Å². The average molecular weight is 147 g/mol. The monoisotopic (exact) mass is 147 g/mol. The molecule has 10 heavy (non-hydrogen) atoms. The first-order valence-electron chi connectivity index (χ1n) is 2.70. The number of rotatable bonds is 3. The molecule has 5 heteroatoms. The fourth-order valence-electron chi connectivity index (χ4n) is 0.389. The second-order valence-electron chi connectivity index (χ2n) is 1.85. The first-order chi connectivity index (χ1) is 4.42. The van der Waals surface area contributed by atoms with Crippen molar-refractivity contribution in [2.45, 2.75) is 19.1 Å². The van der Waals surface area contributed by atoms with Crippen molar-refractivity contribution in [1.29, 1.82) is 0 Å². The van der Waals surface area contributed by atoms with Crippen LogP contribution in [0.3, 0.4) is 0 Å². The highest BCUT2D eigenvalue weighted by molar-refractivity contribution is 6.05. The molecule has 1 atom stereocenters. The van der Waals surface area contributed by atoms with Gasteiger partial charge in [0.05, 0.1) is 0 Å². The van der Waals surface area contributed by atoms with Gasteiger partial charge in [-0.05, 0) is 0 Å². The molecular formula is C5H9NO4. The molecule has 0 radical (unpaired) electrons. The SMILES string of the molecule is CCC(=O)C(N)(O)C(=O)O. The summed E-state index contributed by atoms with van der Waals surface area (Å²) < 4.78 is 0. The zero-order valence-corrected chi connectivity index (χ0v) is 5.50. The number of Topliss-reactive ketones (excluding diaryl/α,β-unsaturated/α-hetero) is 1. The van der Waals surface area contributed by atoms with Crippen LogP contribution in [0.2, 0.25) is 0 Å². The first kappa shape index (κ1) is 9.06. The van der Waals surface area contributed by atoms with Gasteiger partial charge in [-0.3, -0.25) is 10.5 Å². The summed E-state index contributed by atoms with van der Waals surface area (Å²) >= 11 is 0. The van der Waals surface area contributed by atoms with E-state index in [1.165, 1.54) is 6.92 Å². The van der Waals surface area contributed by atoms with Crippen molar-refractivity contribution < 1.29 is 19.8 Å². The highest BCUT2D eigenvalue weighted by Gasteiger charge is 2.37. The minimum absolute atomic E-state index is 0.0979. The van der Waals surface area contributed by atoms with Crippen molar-refractivity contribution in [2.24, 2.45) is 5.73 Å². The van der Waals surface area contributed by atoms with Gasteiger partial charge < -0.3 is 10.2 Å². The van der Waals surface area contributed by atoms with Gasteiger partial charge in [0.15, 0.2) is 5.78 Å². The fourth-order valence-corrected chi connectivity index (χ4v) is 0.389. The van der Waals surface area contributed by atoms with Crippen LogP contribution < -0.4 is 5.73 Å². The van der Waals surface area contributed by atoms with Crippen molar-refractivity contribution in [1.82, 2.24) is 0 Å². The normalized spacial score (nSPS) is 15.9. The standard InChI is InChI=1S/C5H9NO4/c1-2-3(7)5(6,10)4(8)9/h10H,2,6H2,1H3,(H,8,9). The van der Waals surface area contributed by atoms with Gasteiger partial charge in [0, 0.05) is 6.42 Å². The number of carbonyl (C=O) groups excluding carboxylic acids is 1. The average Bonchev–Trinajstić information content (AvgIpc) is 1.86. The van der Waals surface area contributed by atoms with Crippen LogP contribution >= 0.6 is 0 Å². The van der Waals surface area contributed by atoms with E-state index in [9.17, 15) is 9.59 Å². The number of carboxylic acids is 1. The molecule has 0 aromatic carbocycles. The molecule has 0 spiro atoms. The lowest BCUT2D eigenvalue weighted by Crippen LogP contribution is -2.54. The second kappa shape index (κ2) is 2.76. The van der Waals surface area contributed by atoms with Crippen LogP contribution in [0.4, 0.5) is 0 Å². The largest absolute Gasteiger partial charge is 0.478 e. The van der Waals surface area contributed by atoms with E-state index in [-0.39, 0.29) is 6.42 Å². The third-order valence-corrected chi connectivity index (χ3v) is 1.07. The Morgan fingerprint density at radius 2 is 2.00 bits per heavy atom. The third-order valence-electron chi connectivity index (χ3n) is 1.07. The van der Waals surface area contributed by atoms with E-state index in [2.05, 4.69) is 0 Å². The Balaban J connectivity index is 4.40. The number of carbonyl (C=O) groups is 2. The highest BCUT2D eigenvalue weighted by Crippen LogP contribution is 1.99. The van der Waals surface area contributed by atoms with Crippen LogP contribution in [0.15, 0.2) is 0 Å². The number of ketones is 1. The van der Waals surface area contributed by atoms with Gasteiger partial charge in [-0.1, -0.05) is 6.92 Å². The van der Waals surface area contributed by atoms with Crippen LogP contribution in [0.25, 0.3) is 0 Å². The van der Waals surface area contributed by atoms with Crippen LogP contribution in [0.5, 0.6) is 0 Å². The highest BCUT2D eigenvalue weighted by atomic mass is 16.4. The summed E-state index contributed by atoms with van der Waals surface area (Å²) in [6, 6.07) is 0. The first-order valence-corrected chi connectivity index (χ1v) is 2.70. The molecule has 4 N–H and O–H groups in total. The van der Waals surface area contributed by atoms with E-state index in [0.29, 0.717) is 0 Å². The van der Waals surface area contributed by atoms with E-state index in [4.69, 9.17) is 15.9 Å². The molecule has 0 bridgehead atoms. The summed E-state index contributed by atoms with van der Waals surface area (Å²) in [5, 5.41) is 16.8. The minimum atomic E-state index is -2.71. The van der Waals surface area contributed by atoms with Crippen LogP contribution in [0.1, 0.15) is 13.3 Å². The molecule has 0 aliphatic carbocycles. The van der Waals surface area contributed by atoms with Crippen LogP contribution in [0, 0.1) is 0 Å². The van der Waals surface area contributed by atoms with E-state index < -0.39 is 17.5 Å². The van der Waals surface area contributed by atoms with Crippen LogP contribution in [-0.2, 0) is 9.59 Å². The van der Waals surface area contributed by atoms with E-state index in [1.54, 1.807) is 0 Å². The maximum absolute atomic E-state index is 10.5. The summed E-state index contributed by atoms with van der Waals surface area (Å²) in [5.41, 5.74) is 2.01. The molecule has 0 aromatic rings. The Bertz CT molecular complexity index is 163. The lowest BCUT2D eigenvalue weighted by Gasteiger charge is -2.13. The predicted octanol–water partition coefficient (Wildman–Crippen LogP) is -1.30. The summed E-state index contributed by atoms with van der Waals surface area (Å²) in [6.07, 6.45) is -0.0979. The number of carboxylic acid groups (broad SMARTS) is 1. The number of hydrogen-bond acceptors (Lipinski definition) is 4. The van der Waals surface area contributed by atoms with Crippen molar-refractivity contribution in [3.63, 3.8) is 0 Å². The van der Waals surface area contributed by atoms with Gasteiger partial charge in [0.25, 0.3) is 5.72 Å². The number of aliphatic carboxylic acids is 1.